The minimum atomic E-state index is -1.18. The summed E-state index contributed by atoms with van der Waals surface area (Å²) in [5.41, 5.74) is -0.0931. The highest BCUT2D eigenvalue weighted by Crippen LogP contribution is 2.24. The average Bonchev–Trinajstić information content (AvgIpc) is 2.86. The van der Waals surface area contributed by atoms with E-state index in [0.717, 1.165) is 24.2 Å². The van der Waals surface area contributed by atoms with Gasteiger partial charge in [-0.2, -0.15) is 0 Å². The van der Waals surface area contributed by atoms with Crippen LogP contribution in [0.2, 0.25) is 4.47 Å². The Hall–Kier alpha value is -1.14. The van der Waals surface area contributed by atoms with Gasteiger partial charge in [0.25, 0.3) is 5.91 Å². The van der Waals surface area contributed by atoms with Gasteiger partial charge in [-0.05, 0) is 12.8 Å². The number of carboxylic acid groups (broad SMARTS) is 1. The molecule has 15 heavy (non-hydrogen) atoms. The molecule has 1 aromatic rings. The van der Waals surface area contributed by atoms with Crippen molar-refractivity contribution in [2.75, 3.05) is 0 Å². The topological polar surface area (TPSA) is 79.3 Å². The van der Waals surface area contributed by atoms with Crippen LogP contribution in [0.4, 0.5) is 0 Å². The molecule has 1 fully saturated rings. The average molecular weight is 247 g/mol. The quantitative estimate of drug-likeness (QED) is 0.845. The summed E-state index contributed by atoms with van der Waals surface area (Å²) in [7, 11) is 0. The molecule has 2 rings (SSSR count). The van der Waals surface area contributed by atoms with E-state index in [0.29, 0.717) is 0 Å². The summed E-state index contributed by atoms with van der Waals surface area (Å²) in [5.74, 6) is -1.64. The molecule has 0 atom stereocenters. The van der Waals surface area contributed by atoms with Crippen molar-refractivity contribution in [3.05, 3.63) is 15.0 Å². The maximum absolute atomic E-state index is 11.5. The molecule has 7 heteroatoms. The summed E-state index contributed by atoms with van der Waals surface area (Å²) in [5, 5.41) is 11.5. The Morgan fingerprint density at radius 2 is 2.20 bits per heavy atom. The molecule has 1 heterocycles. The predicted molar refractivity (Wildman–Crippen MR) is 54.6 cm³/mol. The van der Waals surface area contributed by atoms with Gasteiger partial charge in [0.05, 0.1) is 0 Å². The molecular formula is C8H7ClN2O3S. The van der Waals surface area contributed by atoms with Gasteiger partial charge < -0.3 is 10.4 Å². The lowest BCUT2D eigenvalue weighted by molar-refractivity contribution is 0.0696. The molecule has 0 bridgehead atoms. The van der Waals surface area contributed by atoms with Crippen molar-refractivity contribution < 1.29 is 14.7 Å². The van der Waals surface area contributed by atoms with Crippen molar-refractivity contribution in [1.82, 2.24) is 10.3 Å². The third kappa shape index (κ3) is 2.27. The van der Waals surface area contributed by atoms with Crippen LogP contribution in [-0.4, -0.2) is 28.0 Å². The van der Waals surface area contributed by atoms with Gasteiger partial charge in [-0.15, -0.1) is 0 Å². The number of nitrogens with one attached hydrogen (secondary N) is 1. The first-order chi connectivity index (χ1) is 7.08. The molecule has 0 saturated heterocycles. The molecule has 1 aromatic heterocycles. The fourth-order valence-corrected chi connectivity index (χ4v) is 2.02. The normalized spacial score (nSPS) is 15.0. The third-order valence-electron chi connectivity index (χ3n) is 1.92. The van der Waals surface area contributed by atoms with E-state index in [1.54, 1.807) is 0 Å². The lowest BCUT2D eigenvalue weighted by Gasteiger charge is -1.99. The van der Waals surface area contributed by atoms with Crippen LogP contribution in [0.3, 0.4) is 0 Å². The highest BCUT2D eigenvalue weighted by molar-refractivity contribution is 7.17. The molecule has 0 unspecified atom stereocenters. The van der Waals surface area contributed by atoms with E-state index in [9.17, 15) is 9.59 Å². The second kappa shape index (κ2) is 3.79. The fraction of sp³-hybridized carbons (Fsp3) is 0.375. The van der Waals surface area contributed by atoms with E-state index in [4.69, 9.17) is 16.7 Å². The maximum atomic E-state index is 11.5. The van der Waals surface area contributed by atoms with Gasteiger partial charge in [0.15, 0.2) is 10.2 Å². The predicted octanol–water partition coefficient (Wildman–Crippen LogP) is 1.39. The highest BCUT2D eigenvalue weighted by Gasteiger charge is 2.28. The Kier molecular flexibility index (Phi) is 2.62. The van der Waals surface area contributed by atoms with E-state index in [2.05, 4.69) is 10.3 Å². The zero-order chi connectivity index (χ0) is 11.0. The number of amides is 1. The van der Waals surface area contributed by atoms with Gasteiger partial charge in [-0.25, -0.2) is 9.78 Å². The zero-order valence-electron chi connectivity index (χ0n) is 7.49. The number of thiazole rings is 1. The van der Waals surface area contributed by atoms with Gasteiger partial charge in [-0.3, -0.25) is 4.79 Å². The van der Waals surface area contributed by atoms with Gasteiger partial charge in [0.2, 0.25) is 0 Å². The van der Waals surface area contributed by atoms with Crippen LogP contribution in [0.15, 0.2) is 0 Å². The number of aromatic carboxylic acids is 1. The van der Waals surface area contributed by atoms with Crippen molar-refractivity contribution in [2.24, 2.45) is 0 Å². The monoisotopic (exact) mass is 246 g/mol. The first-order valence-electron chi connectivity index (χ1n) is 4.28. The van der Waals surface area contributed by atoms with Crippen LogP contribution in [0.1, 0.15) is 33.0 Å². The highest BCUT2D eigenvalue weighted by atomic mass is 35.5. The van der Waals surface area contributed by atoms with E-state index in [1.807, 2.05) is 0 Å². The zero-order valence-corrected chi connectivity index (χ0v) is 9.06. The molecule has 1 saturated carbocycles. The summed E-state index contributed by atoms with van der Waals surface area (Å²) in [6, 6.07) is 0.166. The van der Waals surface area contributed by atoms with Crippen molar-refractivity contribution in [1.29, 1.82) is 0 Å². The van der Waals surface area contributed by atoms with Crippen molar-refractivity contribution >= 4 is 34.8 Å². The molecule has 1 aliphatic carbocycles. The van der Waals surface area contributed by atoms with Gasteiger partial charge in [0.1, 0.15) is 4.88 Å². The van der Waals surface area contributed by atoms with Gasteiger partial charge in [-0.1, -0.05) is 22.9 Å². The molecule has 5 nitrogen and oxygen atoms in total. The SMILES string of the molecule is O=C(NC1CC1)c1nc(Cl)sc1C(=O)O. The van der Waals surface area contributed by atoms with E-state index >= 15 is 0 Å². The van der Waals surface area contributed by atoms with Crippen LogP contribution < -0.4 is 5.32 Å². The second-order valence-corrected chi connectivity index (χ2v) is 4.78. The van der Waals surface area contributed by atoms with Crippen molar-refractivity contribution in [2.45, 2.75) is 18.9 Å². The summed E-state index contributed by atoms with van der Waals surface area (Å²) >= 11 is 6.36. The number of carbonyl (C=O) groups excluding carboxylic acids is 1. The number of rotatable bonds is 3. The van der Waals surface area contributed by atoms with Crippen LogP contribution in [-0.2, 0) is 0 Å². The lowest BCUT2D eigenvalue weighted by Crippen LogP contribution is -2.27. The smallest absolute Gasteiger partial charge is 0.348 e. The molecule has 1 amide bonds. The molecule has 2 N–H and O–H groups in total. The van der Waals surface area contributed by atoms with E-state index in [-0.39, 0.29) is 21.1 Å². The number of carboxylic acids is 1. The largest absolute Gasteiger partial charge is 0.477 e. The number of hydrogen-bond acceptors (Lipinski definition) is 4. The minimum Gasteiger partial charge on any atom is -0.477 e. The fourth-order valence-electron chi connectivity index (χ4n) is 1.07. The van der Waals surface area contributed by atoms with Gasteiger partial charge >= 0.3 is 5.97 Å². The van der Waals surface area contributed by atoms with Crippen molar-refractivity contribution in [3.8, 4) is 0 Å². The molecule has 0 spiro atoms. The van der Waals surface area contributed by atoms with E-state index < -0.39 is 11.9 Å². The summed E-state index contributed by atoms with van der Waals surface area (Å²) in [6.07, 6.45) is 1.87. The molecule has 80 valence electrons. The number of aromatic nitrogens is 1. The Morgan fingerprint density at radius 3 is 2.73 bits per heavy atom. The maximum Gasteiger partial charge on any atom is 0.348 e. The molecule has 0 aliphatic heterocycles. The number of halogens is 1. The number of hydrogen-bond donors (Lipinski definition) is 2. The minimum absolute atomic E-state index is 0.0633. The van der Waals surface area contributed by atoms with Crippen LogP contribution in [0, 0.1) is 0 Å². The lowest BCUT2D eigenvalue weighted by atomic mass is 10.3. The molecule has 0 aromatic carbocycles. The third-order valence-corrected chi connectivity index (χ3v) is 3.07. The Morgan fingerprint density at radius 1 is 1.53 bits per heavy atom. The Bertz CT molecular complexity index is 428. The number of carbonyl (C=O) groups is 2. The first-order valence-corrected chi connectivity index (χ1v) is 5.48. The summed E-state index contributed by atoms with van der Waals surface area (Å²) < 4.78 is 0.0633. The molecular weight excluding hydrogens is 240 g/mol. The van der Waals surface area contributed by atoms with Crippen LogP contribution in [0.25, 0.3) is 0 Å². The Labute approximate surface area is 94.1 Å². The summed E-state index contributed by atoms with van der Waals surface area (Å²) in [6.45, 7) is 0. The van der Waals surface area contributed by atoms with Crippen molar-refractivity contribution in [3.63, 3.8) is 0 Å². The van der Waals surface area contributed by atoms with Gasteiger partial charge in [0, 0.05) is 6.04 Å². The first kappa shape index (κ1) is 10.4. The second-order valence-electron chi connectivity index (χ2n) is 3.20. The Balaban J connectivity index is 2.24. The van der Waals surface area contributed by atoms with Crippen LogP contribution in [0.5, 0.6) is 0 Å². The molecule has 1 aliphatic rings. The van der Waals surface area contributed by atoms with E-state index in [1.165, 1.54) is 0 Å². The number of nitrogens with zero attached hydrogens (tertiary/aromatic N) is 1. The van der Waals surface area contributed by atoms with Crippen LogP contribution >= 0.6 is 22.9 Å². The standard InChI is InChI=1S/C8H7ClN2O3S/c9-8-11-4(5(15-8)7(13)14)6(12)10-3-1-2-3/h3H,1-2H2,(H,10,12)(H,13,14). The molecule has 0 radical (unpaired) electrons. The summed E-state index contributed by atoms with van der Waals surface area (Å²) in [4.78, 5) is 25.9.